The topological polar surface area (TPSA) is 83.8 Å². The van der Waals surface area contributed by atoms with Gasteiger partial charge in [-0.05, 0) is 30.3 Å². The zero-order valence-corrected chi connectivity index (χ0v) is 11.1. The molecule has 20 heavy (non-hydrogen) atoms. The fraction of sp³-hybridized carbons (Fsp3) is 0. The van der Waals surface area contributed by atoms with Gasteiger partial charge in [-0.15, -0.1) is 0 Å². The number of aromatic nitrogens is 2. The van der Waals surface area contributed by atoms with Gasteiger partial charge in [0.1, 0.15) is 5.82 Å². The maximum absolute atomic E-state index is 11.5. The number of fused-ring (bicyclic) bond motifs is 1. The molecule has 5 nitrogen and oxygen atoms in total. The monoisotopic (exact) mass is 286 g/mol. The van der Waals surface area contributed by atoms with E-state index in [9.17, 15) is 4.79 Å². The molecule has 0 unspecified atom stereocenters. The van der Waals surface area contributed by atoms with Crippen LogP contribution in [0.1, 0.15) is 10.4 Å². The first-order valence-electron chi connectivity index (χ1n) is 5.94. The highest BCUT2D eigenvalue weighted by atomic mass is 35.5. The minimum absolute atomic E-state index is 0.342. The van der Waals surface area contributed by atoms with E-state index >= 15 is 0 Å². The van der Waals surface area contributed by atoms with Gasteiger partial charge in [0.2, 0.25) is 0 Å². The van der Waals surface area contributed by atoms with E-state index in [1.807, 2.05) is 18.2 Å². The summed E-state index contributed by atoms with van der Waals surface area (Å²) in [5, 5.41) is 0.645. The fourth-order valence-electron chi connectivity index (χ4n) is 2.01. The second-order valence-electron chi connectivity index (χ2n) is 4.30. The molecule has 1 amide bonds. The van der Waals surface area contributed by atoms with Gasteiger partial charge in [0.15, 0.2) is 0 Å². The van der Waals surface area contributed by atoms with Gasteiger partial charge >= 0.3 is 0 Å². The molecule has 0 aliphatic heterocycles. The molecule has 0 radical (unpaired) electrons. The zero-order valence-electron chi connectivity index (χ0n) is 10.4. The maximum Gasteiger partial charge on any atom is 0.265 e. The SMILES string of the molecule is NNC(=O)c1ccc2nc(-c3cccc(Cl)c3)[nH]c2c1. The van der Waals surface area contributed by atoms with E-state index in [1.165, 1.54) is 0 Å². The van der Waals surface area contributed by atoms with Crippen molar-refractivity contribution < 1.29 is 4.79 Å². The molecule has 3 aromatic rings. The van der Waals surface area contributed by atoms with Crippen LogP contribution in [0.3, 0.4) is 0 Å². The third-order valence-electron chi connectivity index (χ3n) is 2.97. The number of amides is 1. The fourth-order valence-corrected chi connectivity index (χ4v) is 2.20. The number of hydrazine groups is 1. The summed E-state index contributed by atoms with van der Waals surface area (Å²) in [6, 6.07) is 12.6. The molecule has 6 heteroatoms. The first kappa shape index (κ1) is 12.7. The first-order chi connectivity index (χ1) is 9.67. The van der Waals surface area contributed by atoms with E-state index < -0.39 is 0 Å². The van der Waals surface area contributed by atoms with Crippen molar-refractivity contribution in [1.29, 1.82) is 0 Å². The number of rotatable bonds is 2. The molecule has 0 spiro atoms. The van der Waals surface area contributed by atoms with Crippen LogP contribution in [0.5, 0.6) is 0 Å². The van der Waals surface area contributed by atoms with Crippen LogP contribution < -0.4 is 11.3 Å². The minimum atomic E-state index is -0.342. The molecule has 1 heterocycles. The van der Waals surface area contributed by atoms with Gasteiger partial charge in [0, 0.05) is 16.1 Å². The van der Waals surface area contributed by atoms with Crippen LogP contribution in [0.2, 0.25) is 5.02 Å². The highest BCUT2D eigenvalue weighted by Crippen LogP contribution is 2.23. The van der Waals surface area contributed by atoms with Crippen molar-refractivity contribution in [2.24, 2.45) is 5.84 Å². The summed E-state index contributed by atoms with van der Waals surface area (Å²) >= 11 is 5.97. The Labute approximate surface area is 119 Å². The number of nitrogens with two attached hydrogens (primary N) is 1. The van der Waals surface area contributed by atoms with Crippen molar-refractivity contribution in [2.75, 3.05) is 0 Å². The number of carbonyl (C=O) groups is 1. The van der Waals surface area contributed by atoms with E-state index in [-0.39, 0.29) is 5.91 Å². The van der Waals surface area contributed by atoms with E-state index in [0.29, 0.717) is 16.4 Å². The summed E-state index contributed by atoms with van der Waals surface area (Å²) < 4.78 is 0. The average molecular weight is 287 g/mol. The Hall–Kier alpha value is -2.37. The van der Waals surface area contributed by atoms with Crippen LogP contribution in [-0.4, -0.2) is 15.9 Å². The number of carbonyl (C=O) groups excluding carboxylic acids is 1. The van der Waals surface area contributed by atoms with Gasteiger partial charge in [-0.2, -0.15) is 0 Å². The van der Waals surface area contributed by atoms with Crippen LogP contribution in [0.4, 0.5) is 0 Å². The molecule has 0 saturated heterocycles. The number of H-pyrrole nitrogens is 1. The molecule has 3 rings (SSSR count). The van der Waals surface area contributed by atoms with Gasteiger partial charge in [-0.3, -0.25) is 10.2 Å². The minimum Gasteiger partial charge on any atom is -0.338 e. The summed E-state index contributed by atoms with van der Waals surface area (Å²) in [6.07, 6.45) is 0. The zero-order chi connectivity index (χ0) is 14.1. The Morgan fingerprint density at radius 2 is 2.10 bits per heavy atom. The molecule has 0 atom stereocenters. The lowest BCUT2D eigenvalue weighted by molar-refractivity contribution is 0.0954. The van der Waals surface area contributed by atoms with Crippen molar-refractivity contribution in [1.82, 2.24) is 15.4 Å². The molecule has 1 aromatic heterocycles. The van der Waals surface area contributed by atoms with Crippen LogP contribution in [0, 0.1) is 0 Å². The highest BCUT2D eigenvalue weighted by molar-refractivity contribution is 6.30. The molecule has 0 aliphatic rings. The Kier molecular flexibility index (Phi) is 3.14. The molecule has 0 bridgehead atoms. The lowest BCUT2D eigenvalue weighted by atomic mass is 10.2. The predicted octanol–water partition coefficient (Wildman–Crippen LogP) is 2.49. The van der Waals surface area contributed by atoms with Crippen molar-refractivity contribution in [3.63, 3.8) is 0 Å². The lowest BCUT2D eigenvalue weighted by Crippen LogP contribution is -2.29. The van der Waals surface area contributed by atoms with Gasteiger partial charge < -0.3 is 4.98 Å². The maximum atomic E-state index is 11.5. The van der Waals surface area contributed by atoms with Crippen molar-refractivity contribution in [3.8, 4) is 11.4 Å². The molecule has 0 aliphatic carbocycles. The Balaban J connectivity index is 2.09. The summed E-state index contributed by atoms with van der Waals surface area (Å²) in [6.45, 7) is 0. The molecule has 2 aromatic carbocycles. The summed E-state index contributed by atoms with van der Waals surface area (Å²) in [7, 11) is 0. The number of nitrogens with zero attached hydrogens (tertiary/aromatic N) is 1. The van der Waals surface area contributed by atoms with E-state index in [2.05, 4.69) is 15.4 Å². The van der Waals surface area contributed by atoms with E-state index in [0.717, 1.165) is 16.6 Å². The Morgan fingerprint density at radius 3 is 2.85 bits per heavy atom. The number of hydrogen-bond donors (Lipinski definition) is 3. The number of halogens is 1. The van der Waals surface area contributed by atoms with Crippen LogP contribution in [0.15, 0.2) is 42.5 Å². The molecule has 100 valence electrons. The second kappa shape index (κ2) is 4.96. The van der Waals surface area contributed by atoms with Gasteiger partial charge in [-0.1, -0.05) is 23.7 Å². The second-order valence-corrected chi connectivity index (χ2v) is 4.74. The van der Waals surface area contributed by atoms with Gasteiger partial charge in [0.25, 0.3) is 5.91 Å². The Morgan fingerprint density at radius 1 is 1.25 bits per heavy atom. The summed E-state index contributed by atoms with van der Waals surface area (Å²) in [4.78, 5) is 19.1. The standard InChI is InChI=1S/C14H11ClN4O/c15-10-3-1-2-8(6-10)13-17-11-5-4-9(14(20)19-16)7-12(11)18-13/h1-7H,16H2,(H,17,18)(H,19,20). The number of imidazole rings is 1. The summed E-state index contributed by atoms with van der Waals surface area (Å²) in [5.74, 6) is 5.48. The number of hydrogen-bond acceptors (Lipinski definition) is 3. The molecule has 0 fully saturated rings. The third-order valence-corrected chi connectivity index (χ3v) is 3.21. The van der Waals surface area contributed by atoms with E-state index in [1.54, 1.807) is 24.3 Å². The van der Waals surface area contributed by atoms with Crippen molar-refractivity contribution >= 4 is 28.5 Å². The quantitative estimate of drug-likeness (QED) is 0.384. The van der Waals surface area contributed by atoms with Gasteiger partial charge in [-0.25, -0.2) is 10.8 Å². The molecule has 4 N–H and O–H groups in total. The predicted molar refractivity (Wildman–Crippen MR) is 78.2 cm³/mol. The smallest absolute Gasteiger partial charge is 0.265 e. The largest absolute Gasteiger partial charge is 0.338 e. The number of benzene rings is 2. The van der Waals surface area contributed by atoms with Gasteiger partial charge in [0.05, 0.1) is 11.0 Å². The molecule has 0 saturated carbocycles. The van der Waals surface area contributed by atoms with Crippen molar-refractivity contribution in [2.45, 2.75) is 0 Å². The number of nitrogens with one attached hydrogen (secondary N) is 2. The lowest BCUT2D eigenvalue weighted by Gasteiger charge is -1.98. The van der Waals surface area contributed by atoms with Crippen LogP contribution in [-0.2, 0) is 0 Å². The Bertz CT molecular complexity index is 797. The van der Waals surface area contributed by atoms with E-state index in [4.69, 9.17) is 17.4 Å². The molecular formula is C14H11ClN4O. The number of aromatic amines is 1. The first-order valence-corrected chi connectivity index (χ1v) is 6.32. The number of nitrogen functional groups attached to an aromatic ring is 1. The van der Waals surface area contributed by atoms with Crippen LogP contribution in [0.25, 0.3) is 22.4 Å². The average Bonchev–Trinajstić information content (AvgIpc) is 2.89. The summed E-state index contributed by atoms with van der Waals surface area (Å²) in [5.41, 5.74) is 5.00. The highest BCUT2D eigenvalue weighted by Gasteiger charge is 2.09. The molecular weight excluding hydrogens is 276 g/mol. The van der Waals surface area contributed by atoms with Crippen molar-refractivity contribution in [3.05, 3.63) is 53.1 Å². The third kappa shape index (κ3) is 2.24. The van der Waals surface area contributed by atoms with Crippen LogP contribution >= 0.6 is 11.6 Å². The normalized spacial score (nSPS) is 10.7.